The van der Waals surface area contributed by atoms with E-state index in [4.69, 9.17) is 14.2 Å². The number of carbonyl (C=O) groups excluding carboxylic acids is 1. The number of carbonyl (C=O) groups is 1. The lowest BCUT2D eigenvalue weighted by atomic mass is 10.1. The summed E-state index contributed by atoms with van der Waals surface area (Å²) in [5.74, 6) is -1.59. The maximum absolute atomic E-state index is 11.8. The van der Waals surface area contributed by atoms with Gasteiger partial charge >= 0.3 is 0 Å². The van der Waals surface area contributed by atoms with E-state index in [0.29, 0.717) is 19.8 Å². The monoisotopic (exact) mass is 358 g/mol. The molecule has 0 saturated heterocycles. The zero-order valence-corrected chi connectivity index (χ0v) is 14.1. The van der Waals surface area contributed by atoms with E-state index in [1.165, 1.54) is 6.92 Å². The van der Waals surface area contributed by atoms with Crippen LogP contribution in [0.25, 0.3) is 0 Å². The Kier molecular flexibility index (Phi) is 8.61. The van der Waals surface area contributed by atoms with Crippen molar-refractivity contribution < 1.29 is 34.1 Å². The highest BCUT2D eigenvalue weighted by molar-refractivity contribution is 5.78. The van der Waals surface area contributed by atoms with Gasteiger partial charge in [0.15, 0.2) is 11.5 Å². The topological polar surface area (TPSA) is 140 Å². The smallest absolute Gasteiger partial charge is 0.278 e. The summed E-state index contributed by atoms with van der Waals surface area (Å²) in [5.41, 5.74) is -0.341. The summed E-state index contributed by atoms with van der Waals surface area (Å²) in [5, 5.41) is 32.5. The number of nitrogens with zero attached hydrogens (tertiary/aromatic N) is 1. The molecule has 0 radical (unpaired) electrons. The number of phenols is 2. The van der Waals surface area contributed by atoms with Gasteiger partial charge in [0.05, 0.1) is 49.0 Å². The normalized spacial score (nSPS) is 11.9. The second kappa shape index (κ2) is 10.4. The van der Waals surface area contributed by atoms with Crippen molar-refractivity contribution in [2.75, 3.05) is 40.1 Å². The summed E-state index contributed by atoms with van der Waals surface area (Å²) in [4.78, 5) is 22.2. The van der Waals surface area contributed by atoms with Crippen molar-refractivity contribution in [1.29, 1.82) is 0 Å². The Hall–Kier alpha value is -2.43. The SMILES string of the molecule is COCCOCCOCC(=O)NC(C)c1cc(O)c(O)cc1[N+](=O)[O-]. The Balaban J connectivity index is 2.50. The van der Waals surface area contributed by atoms with E-state index in [2.05, 4.69) is 5.32 Å². The van der Waals surface area contributed by atoms with Crippen LogP contribution < -0.4 is 5.32 Å². The first kappa shape index (κ1) is 20.6. The first-order valence-corrected chi connectivity index (χ1v) is 7.50. The minimum atomic E-state index is -0.763. The average molecular weight is 358 g/mol. The number of methoxy groups -OCH3 is 1. The third kappa shape index (κ3) is 6.91. The van der Waals surface area contributed by atoms with Crippen LogP contribution in [-0.4, -0.2) is 61.2 Å². The van der Waals surface area contributed by atoms with Gasteiger partial charge in [0, 0.05) is 7.11 Å². The second-order valence-corrected chi connectivity index (χ2v) is 5.10. The van der Waals surface area contributed by atoms with Crippen molar-refractivity contribution >= 4 is 11.6 Å². The van der Waals surface area contributed by atoms with Gasteiger partial charge in [0.25, 0.3) is 5.69 Å². The fraction of sp³-hybridized carbons (Fsp3) is 0.533. The molecule has 1 unspecified atom stereocenters. The van der Waals surface area contributed by atoms with Gasteiger partial charge in [-0.05, 0) is 13.0 Å². The van der Waals surface area contributed by atoms with Crippen LogP contribution in [0.15, 0.2) is 12.1 Å². The quantitative estimate of drug-likeness (QED) is 0.229. The lowest BCUT2D eigenvalue weighted by Crippen LogP contribution is -2.31. The maximum atomic E-state index is 11.8. The van der Waals surface area contributed by atoms with Gasteiger partial charge < -0.3 is 29.7 Å². The highest BCUT2D eigenvalue weighted by atomic mass is 16.6. The van der Waals surface area contributed by atoms with Gasteiger partial charge in [0.1, 0.15) is 6.61 Å². The van der Waals surface area contributed by atoms with Crippen molar-refractivity contribution in [3.63, 3.8) is 0 Å². The second-order valence-electron chi connectivity index (χ2n) is 5.10. The summed E-state index contributed by atoms with van der Waals surface area (Å²) in [6.45, 7) is 2.70. The molecule has 10 heteroatoms. The molecule has 0 aromatic heterocycles. The van der Waals surface area contributed by atoms with E-state index in [1.807, 2.05) is 0 Å². The summed E-state index contributed by atoms with van der Waals surface area (Å²) >= 11 is 0. The molecule has 140 valence electrons. The maximum Gasteiger partial charge on any atom is 0.278 e. The van der Waals surface area contributed by atoms with Gasteiger partial charge in [0.2, 0.25) is 5.91 Å². The molecule has 1 rings (SSSR count). The van der Waals surface area contributed by atoms with Crippen molar-refractivity contribution in [1.82, 2.24) is 5.32 Å². The summed E-state index contributed by atoms with van der Waals surface area (Å²) < 4.78 is 15.1. The summed E-state index contributed by atoms with van der Waals surface area (Å²) in [6.07, 6.45) is 0. The first-order valence-electron chi connectivity index (χ1n) is 7.50. The molecule has 0 aliphatic heterocycles. The van der Waals surface area contributed by atoms with Crippen LogP contribution in [0.5, 0.6) is 11.5 Å². The van der Waals surface area contributed by atoms with Crippen LogP contribution in [0.1, 0.15) is 18.5 Å². The van der Waals surface area contributed by atoms with Gasteiger partial charge in [-0.2, -0.15) is 0 Å². The van der Waals surface area contributed by atoms with E-state index < -0.39 is 34.1 Å². The standard InChI is InChI=1S/C15H22N2O8/c1-10(11-7-13(18)14(19)8-12(11)17(21)22)16-15(20)9-25-6-5-24-4-3-23-2/h7-8,10,18-19H,3-6,9H2,1-2H3,(H,16,20). The molecule has 25 heavy (non-hydrogen) atoms. The molecule has 3 N–H and O–H groups in total. The number of aromatic hydroxyl groups is 2. The van der Waals surface area contributed by atoms with Crippen molar-refractivity contribution in [2.24, 2.45) is 0 Å². The van der Waals surface area contributed by atoms with Crippen molar-refractivity contribution in [3.8, 4) is 11.5 Å². The van der Waals surface area contributed by atoms with Gasteiger partial charge in [-0.15, -0.1) is 0 Å². The number of phenolic OH excluding ortho intramolecular Hbond substituents is 2. The highest BCUT2D eigenvalue weighted by Gasteiger charge is 2.23. The number of hydrogen-bond acceptors (Lipinski definition) is 8. The van der Waals surface area contributed by atoms with E-state index in [-0.39, 0.29) is 18.8 Å². The van der Waals surface area contributed by atoms with Crippen molar-refractivity contribution in [2.45, 2.75) is 13.0 Å². The predicted octanol–water partition coefficient (Wildman–Crippen LogP) is 0.863. The van der Waals surface area contributed by atoms with Gasteiger partial charge in [-0.25, -0.2) is 0 Å². The molecule has 0 heterocycles. The number of rotatable bonds is 11. The zero-order valence-electron chi connectivity index (χ0n) is 14.1. The summed E-state index contributed by atoms with van der Waals surface area (Å²) in [6, 6.07) is 1.12. The minimum absolute atomic E-state index is 0.0662. The number of amides is 1. The molecular formula is C15H22N2O8. The fourth-order valence-electron chi connectivity index (χ4n) is 1.97. The van der Waals surface area contributed by atoms with Crippen LogP contribution in [-0.2, 0) is 19.0 Å². The minimum Gasteiger partial charge on any atom is -0.504 e. The number of hydrogen-bond donors (Lipinski definition) is 3. The molecule has 0 spiro atoms. The molecule has 0 bridgehead atoms. The van der Waals surface area contributed by atoms with Crippen molar-refractivity contribution in [3.05, 3.63) is 27.8 Å². The van der Waals surface area contributed by atoms with E-state index in [1.54, 1.807) is 7.11 Å². The molecule has 10 nitrogen and oxygen atoms in total. The Morgan fingerprint density at radius 1 is 1.20 bits per heavy atom. The lowest BCUT2D eigenvalue weighted by Gasteiger charge is -2.15. The van der Waals surface area contributed by atoms with Gasteiger partial charge in [-0.1, -0.05) is 0 Å². The van der Waals surface area contributed by atoms with Crippen LogP contribution in [0.4, 0.5) is 5.69 Å². The molecule has 1 aromatic rings. The lowest BCUT2D eigenvalue weighted by molar-refractivity contribution is -0.385. The molecule has 1 aromatic carbocycles. The Bertz CT molecular complexity index is 593. The number of nitro benzene ring substituents is 1. The van der Waals surface area contributed by atoms with Gasteiger partial charge in [-0.3, -0.25) is 14.9 Å². The number of ether oxygens (including phenoxy) is 3. The highest BCUT2D eigenvalue weighted by Crippen LogP contribution is 2.35. The molecule has 1 amide bonds. The van der Waals surface area contributed by atoms with Crippen LogP contribution in [0.3, 0.4) is 0 Å². The fourth-order valence-corrected chi connectivity index (χ4v) is 1.97. The molecule has 0 aliphatic rings. The largest absolute Gasteiger partial charge is 0.504 e. The Morgan fingerprint density at radius 3 is 2.44 bits per heavy atom. The number of nitro groups is 1. The van der Waals surface area contributed by atoms with E-state index in [9.17, 15) is 25.1 Å². The Labute approximate surface area is 144 Å². The average Bonchev–Trinajstić information content (AvgIpc) is 2.55. The van der Waals surface area contributed by atoms with Crippen LogP contribution in [0, 0.1) is 10.1 Å². The Morgan fingerprint density at radius 2 is 1.80 bits per heavy atom. The zero-order chi connectivity index (χ0) is 18.8. The van der Waals surface area contributed by atoms with E-state index >= 15 is 0 Å². The number of nitrogens with one attached hydrogen (secondary N) is 1. The third-order valence-electron chi connectivity index (χ3n) is 3.20. The predicted molar refractivity (Wildman–Crippen MR) is 86.5 cm³/mol. The molecule has 0 saturated carbocycles. The molecule has 1 atom stereocenters. The van der Waals surface area contributed by atoms with Crippen LogP contribution >= 0.6 is 0 Å². The number of benzene rings is 1. The molecular weight excluding hydrogens is 336 g/mol. The summed E-state index contributed by atoms with van der Waals surface area (Å²) in [7, 11) is 1.56. The molecule has 0 aliphatic carbocycles. The molecule has 0 fully saturated rings. The van der Waals surface area contributed by atoms with E-state index in [0.717, 1.165) is 12.1 Å². The van der Waals surface area contributed by atoms with Crippen LogP contribution in [0.2, 0.25) is 0 Å². The first-order chi connectivity index (χ1) is 11.9. The third-order valence-corrected chi connectivity index (χ3v) is 3.20.